The summed E-state index contributed by atoms with van der Waals surface area (Å²) < 4.78 is 23.1. The summed E-state index contributed by atoms with van der Waals surface area (Å²) in [6, 6.07) is 11.7. The summed E-state index contributed by atoms with van der Waals surface area (Å²) in [7, 11) is -4.40. The second-order valence-corrected chi connectivity index (χ2v) is 8.58. The molecule has 0 aliphatic carbocycles. The lowest BCUT2D eigenvalue weighted by atomic mass is 10.1. The second kappa shape index (κ2) is 7.78. The van der Waals surface area contributed by atoms with Gasteiger partial charge in [0.25, 0.3) is 0 Å². The molecule has 0 unspecified atom stereocenters. The first-order valence-corrected chi connectivity index (χ1v) is 10.7. The van der Waals surface area contributed by atoms with Crippen LogP contribution < -0.4 is 9.64 Å². The Morgan fingerprint density at radius 2 is 1.56 bits per heavy atom. The van der Waals surface area contributed by atoms with E-state index in [1.807, 2.05) is 36.4 Å². The monoisotopic (exact) mass is 491 g/mol. The summed E-state index contributed by atoms with van der Waals surface area (Å²) in [6.07, 6.45) is 1.26. The minimum absolute atomic E-state index is 0.0228. The lowest BCUT2D eigenvalue weighted by molar-refractivity contribution is 0.194. The number of halogens is 2. The van der Waals surface area contributed by atoms with Crippen LogP contribution in [0.15, 0.2) is 45.3 Å². The van der Waals surface area contributed by atoms with Gasteiger partial charge in [0.05, 0.1) is 18.0 Å². The minimum atomic E-state index is -4.40. The van der Waals surface area contributed by atoms with Crippen LogP contribution in [0.4, 0.5) is 11.4 Å². The Hall–Kier alpha value is -0.890. The first-order valence-electron chi connectivity index (χ1n) is 7.58. The normalized spacial score (nSPS) is 13.2. The average molecular weight is 493 g/mol. The van der Waals surface area contributed by atoms with Crippen molar-refractivity contribution in [3.63, 3.8) is 0 Å². The van der Waals surface area contributed by atoms with Gasteiger partial charge in [0, 0.05) is 15.5 Å². The molecule has 25 heavy (non-hydrogen) atoms. The van der Waals surface area contributed by atoms with Crippen LogP contribution in [0.1, 0.15) is 12.8 Å². The van der Waals surface area contributed by atoms with Crippen molar-refractivity contribution in [3.05, 3.63) is 45.3 Å². The molecule has 0 aromatic heterocycles. The van der Waals surface area contributed by atoms with Gasteiger partial charge in [-0.25, -0.2) is 4.57 Å². The van der Waals surface area contributed by atoms with E-state index in [-0.39, 0.29) is 6.61 Å². The largest absolute Gasteiger partial charge is 0.469 e. The number of unbranched alkanes of at least 4 members (excludes halogenated alkanes) is 1. The van der Waals surface area contributed by atoms with Gasteiger partial charge in [-0.15, -0.1) is 0 Å². The molecule has 1 aliphatic rings. The molecule has 2 aromatic rings. The van der Waals surface area contributed by atoms with Crippen LogP contribution in [0.25, 0.3) is 0 Å². The third-order valence-electron chi connectivity index (χ3n) is 3.68. The number of hydrogen-bond donors (Lipinski definition) is 2. The number of phosphoric ester groups is 1. The predicted molar refractivity (Wildman–Crippen MR) is 103 cm³/mol. The van der Waals surface area contributed by atoms with Gasteiger partial charge < -0.3 is 19.4 Å². The van der Waals surface area contributed by atoms with Crippen LogP contribution in [0, 0.1) is 0 Å². The molecule has 2 aromatic carbocycles. The Labute approximate surface area is 162 Å². The molecular formula is C16H16Br2NO5P. The van der Waals surface area contributed by atoms with Crippen LogP contribution in [-0.2, 0) is 9.09 Å². The highest BCUT2D eigenvalue weighted by molar-refractivity contribution is 9.10. The van der Waals surface area contributed by atoms with Crippen molar-refractivity contribution < 1.29 is 23.6 Å². The first-order chi connectivity index (χ1) is 11.8. The van der Waals surface area contributed by atoms with Crippen molar-refractivity contribution in [2.24, 2.45) is 0 Å². The van der Waals surface area contributed by atoms with Crippen LogP contribution >= 0.6 is 39.7 Å². The fourth-order valence-corrected chi connectivity index (χ4v) is 3.68. The Kier molecular flexibility index (Phi) is 5.88. The van der Waals surface area contributed by atoms with Gasteiger partial charge in [0.1, 0.15) is 0 Å². The summed E-state index contributed by atoms with van der Waals surface area (Å²) >= 11 is 6.92. The Bertz CT molecular complexity index is 775. The molecule has 6 nitrogen and oxygen atoms in total. The van der Waals surface area contributed by atoms with E-state index in [1.165, 1.54) is 0 Å². The molecule has 0 fully saturated rings. The van der Waals surface area contributed by atoms with Crippen molar-refractivity contribution in [1.29, 1.82) is 0 Å². The fourth-order valence-electron chi connectivity index (χ4n) is 2.63. The molecule has 0 atom stereocenters. The molecule has 0 radical (unpaired) electrons. The lowest BCUT2D eigenvalue weighted by Crippen LogP contribution is -2.22. The summed E-state index contributed by atoms with van der Waals surface area (Å²) in [4.78, 5) is 19.6. The number of rotatable bonds is 6. The van der Waals surface area contributed by atoms with Crippen molar-refractivity contribution in [1.82, 2.24) is 0 Å². The summed E-state index contributed by atoms with van der Waals surface area (Å²) in [5.74, 6) is 1.51. The molecule has 3 rings (SSSR count). The number of anilines is 2. The van der Waals surface area contributed by atoms with E-state index in [4.69, 9.17) is 14.5 Å². The third kappa shape index (κ3) is 4.84. The van der Waals surface area contributed by atoms with Crippen LogP contribution in [0.5, 0.6) is 11.5 Å². The van der Waals surface area contributed by atoms with Gasteiger partial charge >= 0.3 is 7.82 Å². The van der Waals surface area contributed by atoms with Crippen molar-refractivity contribution in [3.8, 4) is 11.5 Å². The molecule has 0 saturated heterocycles. The molecule has 1 aliphatic heterocycles. The number of benzene rings is 2. The van der Waals surface area contributed by atoms with Crippen molar-refractivity contribution in [2.45, 2.75) is 12.8 Å². The highest BCUT2D eigenvalue weighted by Crippen LogP contribution is 2.48. The van der Waals surface area contributed by atoms with E-state index >= 15 is 0 Å². The van der Waals surface area contributed by atoms with E-state index in [0.29, 0.717) is 19.4 Å². The minimum Gasteiger partial charge on any atom is -0.453 e. The maximum absolute atomic E-state index is 10.7. The molecule has 0 bridgehead atoms. The van der Waals surface area contributed by atoms with E-state index in [0.717, 1.165) is 31.8 Å². The zero-order valence-corrected chi connectivity index (χ0v) is 17.1. The summed E-state index contributed by atoms with van der Waals surface area (Å²) in [5, 5.41) is 0. The second-order valence-electron chi connectivity index (χ2n) is 5.51. The van der Waals surface area contributed by atoms with E-state index in [9.17, 15) is 4.57 Å². The Morgan fingerprint density at radius 3 is 2.08 bits per heavy atom. The number of phosphoric acid groups is 1. The predicted octanol–water partition coefficient (Wildman–Crippen LogP) is 5.34. The van der Waals surface area contributed by atoms with E-state index < -0.39 is 7.82 Å². The van der Waals surface area contributed by atoms with Gasteiger partial charge in [-0.1, -0.05) is 31.9 Å². The van der Waals surface area contributed by atoms with Crippen LogP contribution in [-0.4, -0.2) is 22.9 Å². The number of hydrogen-bond acceptors (Lipinski definition) is 4. The summed E-state index contributed by atoms with van der Waals surface area (Å²) in [6.45, 7) is 0.701. The van der Waals surface area contributed by atoms with Gasteiger partial charge in [-0.3, -0.25) is 4.52 Å². The smallest absolute Gasteiger partial charge is 0.453 e. The maximum Gasteiger partial charge on any atom is 0.469 e. The molecule has 9 heteroatoms. The molecular weight excluding hydrogens is 477 g/mol. The fraction of sp³-hybridized carbons (Fsp3) is 0.250. The SMILES string of the molecule is O=P(O)(O)OCCCCN1c2ccc(Br)cc2Oc2cc(Br)ccc21. The van der Waals surface area contributed by atoms with E-state index in [1.54, 1.807) is 0 Å². The molecule has 134 valence electrons. The van der Waals surface area contributed by atoms with Crippen LogP contribution in [0.2, 0.25) is 0 Å². The topological polar surface area (TPSA) is 79.2 Å². The number of ether oxygens (including phenoxy) is 1. The Balaban J connectivity index is 1.77. The number of fused-ring (bicyclic) bond motifs is 2. The zero-order valence-electron chi connectivity index (χ0n) is 13.1. The van der Waals surface area contributed by atoms with Gasteiger partial charge in [0.15, 0.2) is 11.5 Å². The lowest BCUT2D eigenvalue weighted by Gasteiger charge is -2.33. The van der Waals surface area contributed by atoms with Crippen molar-refractivity contribution in [2.75, 3.05) is 18.1 Å². The van der Waals surface area contributed by atoms with Gasteiger partial charge in [-0.2, -0.15) is 0 Å². The highest BCUT2D eigenvalue weighted by Gasteiger charge is 2.24. The first kappa shape index (κ1) is 18.9. The summed E-state index contributed by atoms with van der Waals surface area (Å²) in [5.41, 5.74) is 1.91. The highest BCUT2D eigenvalue weighted by atomic mass is 79.9. The standard InChI is InChI=1S/C16H16Br2NO5P/c17-11-3-5-13-15(9-11)24-16-10-12(18)4-6-14(16)19(13)7-1-2-8-23-25(20,21)22/h3-6,9-10H,1-2,7-8H2,(H2,20,21,22). The molecule has 2 N–H and O–H groups in total. The molecule has 0 amide bonds. The van der Waals surface area contributed by atoms with E-state index in [2.05, 4.69) is 41.3 Å². The molecule has 0 spiro atoms. The van der Waals surface area contributed by atoms with Gasteiger partial charge in [-0.05, 0) is 49.2 Å². The maximum atomic E-state index is 10.7. The van der Waals surface area contributed by atoms with Crippen molar-refractivity contribution >= 4 is 51.1 Å². The zero-order chi connectivity index (χ0) is 18.0. The quantitative estimate of drug-likeness (QED) is 0.418. The molecule has 0 saturated carbocycles. The molecule has 1 heterocycles. The third-order valence-corrected chi connectivity index (χ3v) is 5.19. The van der Waals surface area contributed by atoms with Gasteiger partial charge in [0.2, 0.25) is 0 Å². The average Bonchev–Trinajstić information content (AvgIpc) is 2.52. The number of nitrogens with zero attached hydrogens (tertiary/aromatic N) is 1. The van der Waals surface area contributed by atoms with Crippen LogP contribution in [0.3, 0.4) is 0 Å². The Morgan fingerprint density at radius 1 is 1.00 bits per heavy atom.